The highest BCUT2D eigenvalue weighted by molar-refractivity contribution is 14.0. The van der Waals surface area contributed by atoms with Gasteiger partial charge in [0, 0.05) is 32.0 Å². The molecule has 2 rings (SSSR count). The Morgan fingerprint density at radius 3 is 2.38 bits per heavy atom. The van der Waals surface area contributed by atoms with Crippen LogP contribution in [0.15, 0.2) is 47.6 Å². The maximum atomic E-state index is 5.16. The van der Waals surface area contributed by atoms with E-state index in [0.29, 0.717) is 0 Å². The Kier molecular flexibility index (Phi) is 9.14. The second-order valence-corrected chi connectivity index (χ2v) is 5.26. The third-order valence-corrected chi connectivity index (χ3v) is 3.52. The van der Waals surface area contributed by atoms with Crippen LogP contribution in [0, 0.1) is 6.92 Å². The number of hydrogen-bond donors (Lipinski definition) is 2. The largest absolute Gasteiger partial charge is 0.497 e. The van der Waals surface area contributed by atoms with Gasteiger partial charge >= 0.3 is 0 Å². The molecule has 1 heterocycles. The van der Waals surface area contributed by atoms with Crippen molar-refractivity contribution in [1.82, 2.24) is 15.6 Å². The molecule has 0 fully saturated rings. The number of rotatable bonds is 6. The summed E-state index contributed by atoms with van der Waals surface area (Å²) in [4.78, 5) is 8.54. The predicted octanol–water partition coefficient (Wildman–Crippen LogP) is 2.92. The lowest BCUT2D eigenvalue weighted by molar-refractivity contribution is 0.414. The highest BCUT2D eigenvalue weighted by atomic mass is 127. The molecule has 0 radical (unpaired) electrons. The van der Waals surface area contributed by atoms with Crippen molar-refractivity contribution in [2.75, 3.05) is 20.7 Å². The van der Waals surface area contributed by atoms with E-state index in [0.717, 1.165) is 36.9 Å². The average molecular weight is 440 g/mol. The van der Waals surface area contributed by atoms with Crippen LogP contribution in [-0.2, 0) is 13.0 Å². The third kappa shape index (κ3) is 6.74. The minimum Gasteiger partial charge on any atom is -0.497 e. The molecule has 1 aromatic heterocycles. The molecule has 0 saturated heterocycles. The van der Waals surface area contributed by atoms with Gasteiger partial charge in [-0.2, -0.15) is 0 Å². The molecule has 0 atom stereocenters. The Bertz CT molecular complexity index is 626. The van der Waals surface area contributed by atoms with Gasteiger partial charge in [-0.15, -0.1) is 24.0 Å². The summed E-state index contributed by atoms with van der Waals surface area (Å²) in [5.41, 5.74) is 3.43. The smallest absolute Gasteiger partial charge is 0.191 e. The molecule has 0 bridgehead atoms. The van der Waals surface area contributed by atoms with Gasteiger partial charge in [0.1, 0.15) is 5.75 Å². The Morgan fingerprint density at radius 2 is 1.79 bits per heavy atom. The van der Waals surface area contributed by atoms with Crippen LogP contribution in [-0.4, -0.2) is 31.6 Å². The van der Waals surface area contributed by atoms with Crippen LogP contribution < -0.4 is 15.4 Å². The van der Waals surface area contributed by atoms with Crippen molar-refractivity contribution in [2.45, 2.75) is 19.9 Å². The number of guanidine groups is 1. The van der Waals surface area contributed by atoms with Gasteiger partial charge in [0.05, 0.1) is 7.11 Å². The normalized spacial score (nSPS) is 10.7. The number of nitrogens with one attached hydrogen (secondary N) is 2. The van der Waals surface area contributed by atoms with Crippen LogP contribution in [0.2, 0.25) is 0 Å². The van der Waals surface area contributed by atoms with Crippen LogP contribution >= 0.6 is 24.0 Å². The van der Waals surface area contributed by atoms with E-state index in [1.807, 2.05) is 43.5 Å². The third-order valence-electron chi connectivity index (χ3n) is 3.52. The fourth-order valence-electron chi connectivity index (χ4n) is 2.12. The van der Waals surface area contributed by atoms with E-state index in [2.05, 4.69) is 26.7 Å². The Morgan fingerprint density at radius 1 is 1.08 bits per heavy atom. The first-order chi connectivity index (χ1) is 11.2. The van der Waals surface area contributed by atoms with Gasteiger partial charge in [0.25, 0.3) is 0 Å². The molecule has 0 unspecified atom stereocenters. The summed E-state index contributed by atoms with van der Waals surface area (Å²) < 4.78 is 5.16. The van der Waals surface area contributed by atoms with Crippen molar-refractivity contribution < 1.29 is 4.74 Å². The van der Waals surface area contributed by atoms with E-state index in [1.165, 1.54) is 11.1 Å². The van der Waals surface area contributed by atoms with Gasteiger partial charge in [0.2, 0.25) is 0 Å². The number of benzene rings is 1. The van der Waals surface area contributed by atoms with Crippen LogP contribution in [0.1, 0.15) is 16.8 Å². The monoisotopic (exact) mass is 440 g/mol. The predicted molar refractivity (Wildman–Crippen MR) is 109 cm³/mol. The number of halogens is 1. The molecule has 0 saturated carbocycles. The number of pyridine rings is 1. The van der Waals surface area contributed by atoms with E-state index >= 15 is 0 Å². The van der Waals surface area contributed by atoms with Gasteiger partial charge in [-0.3, -0.25) is 9.98 Å². The van der Waals surface area contributed by atoms with Gasteiger partial charge < -0.3 is 15.4 Å². The van der Waals surface area contributed by atoms with Gasteiger partial charge in [-0.05, 0) is 42.7 Å². The quantitative estimate of drug-likeness (QED) is 0.412. The average Bonchev–Trinajstić information content (AvgIpc) is 2.60. The number of nitrogens with zero attached hydrogens (tertiary/aromatic N) is 2. The second kappa shape index (κ2) is 10.9. The van der Waals surface area contributed by atoms with E-state index in [9.17, 15) is 0 Å². The van der Waals surface area contributed by atoms with Crippen molar-refractivity contribution in [1.29, 1.82) is 0 Å². The van der Waals surface area contributed by atoms with Gasteiger partial charge in [-0.25, -0.2) is 0 Å². The number of aromatic nitrogens is 1. The van der Waals surface area contributed by atoms with Crippen LogP contribution in [0.5, 0.6) is 5.75 Å². The zero-order valence-electron chi connectivity index (χ0n) is 14.4. The molecule has 0 amide bonds. The lowest BCUT2D eigenvalue weighted by Gasteiger charge is -2.12. The number of methoxy groups -OCH3 is 1. The molecule has 24 heavy (non-hydrogen) atoms. The molecule has 0 spiro atoms. The van der Waals surface area contributed by atoms with Crippen molar-refractivity contribution in [3.63, 3.8) is 0 Å². The SMILES string of the molecule is CN=C(NCCc1ccc(C)nc1)NCc1ccc(OC)cc1.I. The fourth-order valence-corrected chi connectivity index (χ4v) is 2.12. The Balaban J connectivity index is 0.00000288. The molecule has 2 N–H and O–H groups in total. The van der Waals surface area contributed by atoms with E-state index in [-0.39, 0.29) is 24.0 Å². The molecule has 130 valence electrons. The fraction of sp³-hybridized carbons (Fsp3) is 0.333. The summed E-state index contributed by atoms with van der Waals surface area (Å²) in [5, 5.41) is 6.61. The highest BCUT2D eigenvalue weighted by Gasteiger charge is 2.00. The maximum Gasteiger partial charge on any atom is 0.191 e. The summed E-state index contributed by atoms with van der Waals surface area (Å²) in [6.07, 6.45) is 2.83. The van der Waals surface area contributed by atoms with Crippen molar-refractivity contribution in [3.05, 3.63) is 59.4 Å². The zero-order chi connectivity index (χ0) is 16.5. The van der Waals surface area contributed by atoms with E-state index < -0.39 is 0 Å². The first-order valence-electron chi connectivity index (χ1n) is 7.70. The van der Waals surface area contributed by atoms with Crippen molar-refractivity contribution >= 4 is 29.9 Å². The Hall–Kier alpha value is -1.83. The first-order valence-corrected chi connectivity index (χ1v) is 7.70. The molecular formula is C18H25IN4O. The summed E-state index contributed by atoms with van der Waals surface area (Å²) in [5.74, 6) is 1.66. The lowest BCUT2D eigenvalue weighted by atomic mass is 10.2. The van der Waals surface area contributed by atoms with Gasteiger partial charge in [0.15, 0.2) is 5.96 Å². The number of ether oxygens (including phenoxy) is 1. The molecule has 1 aromatic carbocycles. The highest BCUT2D eigenvalue weighted by Crippen LogP contribution is 2.10. The van der Waals surface area contributed by atoms with Crippen LogP contribution in [0.3, 0.4) is 0 Å². The van der Waals surface area contributed by atoms with Crippen LogP contribution in [0.25, 0.3) is 0 Å². The maximum absolute atomic E-state index is 5.16. The van der Waals surface area contributed by atoms with Crippen molar-refractivity contribution in [3.8, 4) is 5.75 Å². The number of aliphatic imine (C=N–C) groups is 1. The Labute approximate surface area is 161 Å². The summed E-state index contributed by atoms with van der Waals surface area (Å²) in [6.45, 7) is 3.52. The van der Waals surface area contributed by atoms with Crippen LogP contribution in [0.4, 0.5) is 0 Å². The number of aryl methyl sites for hydroxylation is 1. The first kappa shape index (κ1) is 20.2. The van der Waals surface area contributed by atoms with E-state index in [1.54, 1.807) is 14.2 Å². The molecule has 0 aliphatic carbocycles. The molecule has 6 heteroatoms. The summed E-state index contributed by atoms with van der Waals surface area (Å²) in [6, 6.07) is 12.1. The number of hydrogen-bond acceptors (Lipinski definition) is 3. The summed E-state index contributed by atoms with van der Waals surface area (Å²) in [7, 11) is 3.44. The molecular weight excluding hydrogens is 415 g/mol. The second-order valence-electron chi connectivity index (χ2n) is 5.26. The minimum absolute atomic E-state index is 0. The topological polar surface area (TPSA) is 58.5 Å². The molecule has 0 aliphatic heterocycles. The lowest BCUT2D eigenvalue weighted by Crippen LogP contribution is -2.37. The summed E-state index contributed by atoms with van der Waals surface area (Å²) >= 11 is 0. The molecule has 5 nitrogen and oxygen atoms in total. The zero-order valence-corrected chi connectivity index (χ0v) is 16.7. The standard InChI is InChI=1S/C18H24N4O.HI/c1-14-4-5-16(12-21-14)10-11-20-18(19-2)22-13-15-6-8-17(23-3)9-7-15;/h4-9,12H,10-11,13H2,1-3H3,(H2,19,20,22);1H. The van der Waals surface area contributed by atoms with E-state index in [4.69, 9.17) is 4.74 Å². The minimum atomic E-state index is 0. The molecule has 0 aliphatic rings. The molecule has 2 aromatic rings. The van der Waals surface area contributed by atoms with Crippen molar-refractivity contribution in [2.24, 2.45) is 4.99 Å². The van der Waals surface area contributed by atoms with Gasteiger partial charge in [-0.1, -0.05) is 18.2 Å².